The number of nitrogens with one attached hydrogen (secondary N) is 2. The fraction of sp³-hybridized carbons (Fsp3) is 0.435. The number of aryl methyl sites for hydroxylation is 1. The van der Waals surface area contributed by atoms with Gasteiger partial charge in [-0.15, -0.1) is 11.3 Å². The summed E-state index contributed by atoms with van der Waals surface area (Å²) >= 11 is 6.00. The lowest BCUT2D eigenvalue weighted by Gasteiger charge is -2.29. The molecule has 1 saturated heterocycles. The van der Waals surface area contributed by atoms with E-state index in [0.717, 1.165) is 21.7 Å². The van der Waals surface area contributed by atoms with Gasteiger partial charge in [0.1, 0.15) is 6.04 Å². The van der Waals surface area contributed by atoms with Crippen molar-refractivity contribution in [3.8, 4) is 10.4 Å². The topological polar surface area (TPSA) is 114 Å². The smallest absolute Gasteiger partial charge is 0.268 e. The Balaban J connectivity index is 1.72. The van der Waals surface area contributed by atoms with Gasteiger partial charge >= 0.3 is 0 Å². The van der Waals surface area contributed by atoms with Crippen molar-refractivity contribution in [1.29, 1.82) is 0 Å². The molecule has 0 spiro atoms. The number of hydrogen-bond acceptors (Lipinski definition) is 7. The Labute approximate surface area is 203 Å². The van der Waals surface area contributed by atoms with E-state index in [-0.39, 0.29) is 31.1 Å². The van der Waals surface area contributed by atoms with Gasteiger partial charge in [-0.05, 0) is 31.9 Å². The van der Waals surface area contributed by atoms with Gasteiger partial charge in [0.15, 0.2) is 0 Å². The average Bonchev–Trinajstić information content (AvgIpc) is 3.35. The molecule has 2 aromatic rings. The molecule has 1 aromatic heterocycles. The second-order valence-corrected chi connectivity index (χ2v) is 10.6. The molecular formula is C23H29N4O4S2. The molecule has 0 unspecified atom stereocenters. The van der Waals surface area contributed by atoms with Crippen LogP contribution in [-0.2, 0) is 21.2 Å². The van der Waals surface area contributed by atoms with Crippen LogP contribution in [0.2, 0.25) is 0 Å². The first-order valence-corrected chi connectivity index (χ1v) is 11.9. The van der Waals surface area contributed by atoms with Crippen LogP contribution in [0.3, 0.4) is 0 Å². The summed E-state index contributed by atoms with van der Waals surface area (Å²) in [6.07, 6.45) is -0.699. The second-order valence-electron chi connectivity index (χ2n) is 8.66. The van der Waals surface area contributed by atoms with Crippen molar-refractivity contribution in [3.05, 3.63) is 52.6 Å². The number of thiol groups is 1. The van der Waals surface area contributed by atoms with E-state index in [1.165, 1.54) is 11.8 Å². The Bertz CT molecular complexity index is 1040. The van der Waals surface area contributed by atoms with Gasteiger partial charge in [0.05, 0.1) is 32.6 Å². The van der Waals surface area contributed by atoms with Gasteiger partial charge in [-0.3, -0.25) is 14.7 Å². The van der Waals surface area contributed by atoms with E-state index in [4.69, 9.17) is 0 Å². The number of β-amino-alcohol motifs (C(OH)–C–C–N with tert-alkyl or cyclic N) is 1. The van der Waals surface area contributed by atoms with Gasteiger partial charge in [0.2, 0.25) is 11.8 Å². The van der Waals surface area contributed by atoms with Crippen LogP contribution < -0.4 is 10.6 Å². The summed E-state index contributed by atoms with van der Waals surface area (Å²) in [6.45, 7) is 6.92. The van der Waals surface area contributed by atoms with Crippen molar-refractivity contribution in [2.45, 2.75) is 57.6 Å². The third kappa shape index (κ3) is 6.07. The Kier molecular flexibility index (Phi) is 7.71. The van der Waals surface area contributed by atoms with Gasteiger partial charge < -0.3 is 20.6 Å². The molecule has 1 aliphatic heterocycles. The van der Waals surface area contributed by atoms with Gasteiger partial charge in [-0.1, -0.05) is 24.3 Å². The van der Waals surface area contributed by atoms with E-state index in [1.54, 1.807) is 25.2 Å². The van der Waals surface area contributed by atoms with Crippen molar-refractivity contribution in [1.82, 2.24) is 20.5 Å². The lowest BCUT2D eigenvalue weighted by Crippen LogP contribution is -2.44. The molecule has 0 saturated carbocycles. The summed E-state index contributed by atoms with van der Waals surface area (Å²) in [5.41, 5.74) is 4.83. The maximum absolute atomic E-state index is 13.2. The normalized spacial score (nSPS) is 19.3. The number of aromatic nitrogens is 1. The second kappa shape index (κ2) is 10.1. The average molecular weight is 490 g/mol. The highest BCUT2D eigenvalue weighted by Crippen LogP contribution is 2.30. The van der Waals surface area contributed by atoms with E-state index in [2.05, 4.69) is 28.2 Å². The SMILES string of the molecule is CC(=O)NC(=C([O])N1C[C@H](O)C[C@H]1C(=O)NCc1ccc(-c2scnc2C)cc1)C(C)(C)S. The molecular weight excluding hydrogens is 460 g/mol. The predicted molar refractivity (Wildman–Crippen MR) is 130 cm³/mol. The van der Waals surface area contributed by atoms with Crippen LogP contribution >= 0.6 is 24.0 Å². The van der Waals surface area contributed by atoms with Crippen molar-refractivity contribution in [2.75, 3.05) is 6.54 Å². The molecule has 1 fully saturated rings. The van der Waals surface area contributed by atoms with Gasteiger partial charge in [0, 0.05) is 26.4 Å². The summed E-state index contributed by atoms with van der Waals surface area (Å²) in [5.74, 6) is -1.29. The highest BCUT2D eigenvalue weighted by atomic mass is 32.1. The minimum atomic E-state index is -0.935. The first kappa shape index (κ1) is 25.1. The molecule has 1 aromatic carbocycles. The number of aliphatic hydroxyl groups excluding tert-OH is 1. The lowest BCUT2D eigenvalue weighted by molar-refractivity contribution is -0.126. The summed E-state index contributed by atoms with van der Waals surface area (Å²) in [7, 11) is 0. The first-order valence-electron chi connectivity index (χ1n) is 10.6. The van der Waals surface area contributed by atoms with E-state index in [1.807, 2.05) is 36.7 Å². The fourth-order valence-corrected chi connectivity index (χ4v) is 4.70. The van der Waals surface area contributed by atoms with Gasteiger partial charge in [-0.25, -0.2) is 4.98 Å². The van der Waals surface area contributed by atoms with Gasteiger partial charge in [-0.2, -0.15) is 12.6 Å². The highest BCUT2D eigenvalue weighted by Gasteiger charge is 2.40. The zero-order valence-corrected chi connectivity index (χ0v) is 20.8. The lowest BCUT2D eigenvalue weighted by atomic mass is 10.1. The standard InChI is InChI=1S/C23H29N4O4S2/c1-13-19(33-12-25-13)16-7-5-15(6-8-16)10-24-21(30)18-9-17(29)11-27(18)22(31)20(23(3,4)32)26-14(2)28/h5-8,12,17-18,29,32H,9-11H2,1-4H3,(H,24,30)(H,26,28)/t17-,18+/m1/s1. The molecule has 177 valence electrons. The minimum Gasteiger partial charge on any atom is -0.391 e. The van der Waals surface area contributed by atoms with Crippen molar-refractivity contribution < 1.29 is 19.8 Å². The molecule has 2 amide bonds. The predicted octanol–water partition coefficient (Wildman–Crippen LogP) is 2.61. The summed E-state index contributed by atoms with van der Waals surface area (Å²) in [6, 6.07) is 7.01. The zero-order valence-electron chi connectivity index (χ0n) is 19.1. The molecule has 3 rings (SSSR count). The maximum Gasteiger partial charge on any atom is 0.268 e. The number of benzene rings is 1. The fourth-order valence-electron chi connectivity index (χ4n) is 3.73. The van der Waals surface area contributed by atoms with Crippen LogP contribution in [0, 0.1) is 6.92 Å². The number of aliphatic hydroxyl groups is 1. The Morgan fingerprint density at radius 1 is 1.30 bits per heavy atom. The molecule has 0 aliphatic carbocycles. The van der Waals surface area contributed by atoms with Crippen LogP contribution in [0.25, 0.3) is 10.4 Å². The molecule has 2 atom stereocenters. The number of rotatable bonds is 7. The van der Waals surface area contributed by atoms with E-state index >= 15 is 0 Å². The van der Waals surface area contributed by atoms with Crippen molar-refractivity contribution in [2.24, 2.45) is 0 Å². The number of likely N-dealkylation sites (tertiary alicyclic amines) is 1. The van der Waals surface area contributed by atoms with Gasteiger partial charge in [0.25, 0.3) is 5.88 Å². The Hall–Kier alpha value is -2.56. The number of hydrogen-bond donors (Lipinski definition) is 4. The number of carbonyl (C=O) groups is 2. The van der Waals surface area contributed by atoms with Crippen molar-refractivity contribution >= 4 is 35.8 Å². The summed E-state index contributed by atoms with van der Waals surface area (Å²) in [5, 5.41) is 28.7. The minimum absolute atomic E-state index is 0.00671. The quantitative estimate of drug-likeness (QED) is 0.353. The Morgan fingerprint density at radius 3 is 2.52 bits per heavy atom. The molecule has 8 nitrogen and oxygen atoms in total. The molecule has 2 heterocycles. The molecule has 1 aliphatic rings. The number of thiazole rings is 1. The number of nitrogens with zero attached hydrogens (tertiary/aromatic N) is 2. The van der Waals surface area contributed by atoms with Crippen LogP contribution in [0.5, 0.6) is 0 Å². The highest BCUT2D eigenvalue weighted by molar-refractivity contribution is 7.82. The molecule has 1 radical (unpaired) electrons. The maximum atomic E-state index is 13.2. The Morgan fingerprint density at radius 2 is 1.97 bits per heavy atom. The van der Waals surface area contributed by atoms with Crippen LogP contribution in [0.15, 0.2) is 41.4 Å². The van der Waals surface area contributed by atoms with Crippen molar-refractivity contribution in [3.63, 3.8) is 0 Å². The number of carbonyl (C=O) groups excluding carboxylic acids is 2. The van der Waals surface area contributed by atoms with E-state index in [9.17, 15) is 19.8 Å². The van der Waals surface area contributed by atoms with Crippen LogP contribution in [0.4, 0.5) is 0 Å². The summed E-state index contributed by atoms with van der Waals surface area (Å²) < 4.78 is -0.935. The largest absolute Gasteiger partial charge is 0.391 e. The molecule has 10 heteroatoms. The molecule has 3 N–H and O–H groups in total. The third-order valence-electron chi connectivity index (χ3n) is 5.40. The first-order chi connectivity index (χ1) is 15.5. The molecule has 0 bridgehead atoms. The monoisotopic (exact) mass is 489 g/mol. The van der Waals surface area contributed by atoms with E-state index < -0.39 is 28.7 Å². The van der Waals surface area contributed by atoms with Crippen LogP contribution in [-0.4, -0.2) is 50.2 Å². The van der Waals surface area contributed by atoms with Crippen LogP contribution in [0.1, 0.15) is 38.4 Å². The summed E-state index contributed by atoms with van der Waals surface area (Å²) in [4.78, 5) is 31.2. The number of amides is 2. The third-order valence-corrected chi connectivity index (χ3v) is 6.60. The van der Waals surface area contributed by atoms with E-state index in [0.29, 0.717) is 0 Å². The molecule has 33 heavy (non-hydrogen) atoms. The zero-order chi connectivity index (χ0) is 24.3.